The molecule has 1 aliphatic heterocycles. The van der Waals surface area contributed by atoms with Crippen molar-refractivity contribution in [3.05, 3.63) is 29.3 Å². The molecule has 0 aromatic heterocycles. The largest absolute Gasteiger partial charge is 0.493 e. The molecule has 0 spiro atoms. The molecule has 1 fully saturated rings. The summed E-state index contributed by atoms with van der Waals surface area (Å²) in [5, 5.41) is 0. The third kappa shape index (κ3) is 2.98. The van der Waals surface area contributed by atoms with Crippen LogP contribution in [0.3, 0.4) is 0 Å². The molecule has 0 atom stereocenters. The van der Waals surface area contributed by atoms with Crippen LogP contribution in [-0.4, -0.2) is 36.9 Å². The van der Waals surface area contributed by atoms with Gasteiger partial charge in [0.2, 0.25) is 0 Å². The van der Waals surface area contributed by atoms with Crippen LogP contribution in [0, 0.1) is 5.92 Å². The van der Waals surface area contributed by atoms with E-state index in [1.165, 1.54) is 18.4 Å². The molecule has 19 heavy (non-hydrogen) atoms. The second-order valence-corrected chi connectivity index (χ2v) is 5.62. The van der Waals surface area contributed by atoms with E-state index in [2.05, 4.69) is 11.8 Å². The summed E-state index contributed by atoms with van der Waals surface area (Å²) in [6.45, 7) is 5.46. The fourth-order valence-electron chi connectivity index (χ4n) is 2.63. The molecular weight excluding hydrogens is 238 g/mol. The minimum absolute atomic E-state index is 0.234. The van der Waals surface area contributed by atoms with E-state index < -0.39 is 0 Å². The Balaban J connectivity index is 1.65. The predicted molar refractivity (Wildman–Crippen MR) is 74.8 cm³/mol. The number of rotatable bonds is 6. The van der Waals surface area contributed by atoms with Crippen molar-refractivity contribution in [1.29, 1.82) is 0 Å². The molecule has 1 aliphatic carbocycles. The average molecular weight is 259 g/mol. The van der Waals surface area contributed by atoms with Gasteiger partial charge < -0.3 is 4.74 Å². The molecule has 2 aliphatic rings. The minimum Gasteiger partial charge on any atom is -0.493 e. The lowest BCUT2D eigenvalue weighted by Gasteiger charge is -2.19. The Kier molecular flexibility index (Phi) is 3.56. The number of ketones is 1. The Morgan fingerprint density at radius 3 is 3.00 bits per heavy atom. The first-order chi connectivity index (χ1) is 9.26. The first-order valence-corrected chi connectivity index (χ1v) is 7.27. The van der Waals surface area contributed by atoms with Crippen LogP contribution >= 0.6 is 0 Å². The van der Waals surface area contributed by atoms with Crippen LogP contribution in [-0.2, 0) is 6.42 Å². The summed E-state index contributed by atoms with van der Waals surface area (Å²) in [6, 6.07) is 5.85. The van der Waals surface area contributed by atoms with E-state index in [1.807, 2.05) is 18.2 Å². The summed E-state index contributed by atoms with van der Waals surface area (Å²) in [5.41, 5.74) is 2.01. The van der Waals surface area contributed by atoms with Crippen molar-refractivity contribution in [2.45, 2.75) is 26.2 Å². The van der Waals surface area contributed by atoms with Crippen molar-refractivity contribution in [3.63, 3.8) is 0 Å². The summed E-state index contributed by atoms with van der Waals surface area (Å²) >= 11 is 0. The number of likely N-dealkylation sites (N-methyl/N-ethyl adjacent to an activating group) is 1. The van der Waals surface area contributed by atoms with Gasteiger partial charge >= 0.3 is 0 Å². The number of ether oxygens (including phenoxy) is 1. The SMILES string of the molecule is CCN(CC(=O)c1ccc2c(c1)CCO2)CC1CC1. The maximum absolute atomic E-state index is 12.3. The van der Waals surface area contributed by atoms with Crippen molar-refractivity contribution >= 4 is 5.78 Å². The van der Waals surface area contributed by atoms with Crippen LogP contribution in [0.4, 0.5) is 0 Å². The molecule has 1 saturated carbocycles. The van der Waals surface area contributed by atoms with Crippen LogP contribution in [0.1, 0.15) is 35.7 Å². The Bertz CT molecular complexity index is 480. The number of fused-ring (bicyclic) bond motifs is 1. The molecule has 1 heterocycles. The van der Waals surface area contributed by atoms with Crippen molar-refractivity contribution in [2.24, 2.45) is 5.92 Å². The van der Waals surface area contributed by atoms with Gasteiger partial charge in [0.25, 0.3) is 0 Å². The average Bonchev–Trinajstić information content (AvgIpc) is 3.11. The molecule has 3 heteroatoms. The highest BCUT2D eigenvalue weighted by molar-refractivity contribution is 5.98. The van der Waals surface area contributed by atoms with Crippen LogP contribution in [0.2, 0.25) is 0 Å². The van der Waals surface area contributed by atoms with Gasteiger partial charge in [0.15, 0.2) is 5.78 Å². The molecule has 0 radical (unpaired) electrons. The number of benzene rings is 1. The fraction of sp³-hybridized carbons (Fsp3) is 0.562. The zero-order chi connectivity index (χ0) is 13.2. The molecule has 3 nitrogen and oxygen atoms in total. The standard InChI is InChI=1S/C16H21NO2/c1-2-17(10-12-3-4-12)11-15(18)13-5-6-16-14(9-13)7-8-19-16/h5-6,9,12H,2-4,7-8,10-11H2,1H3. The molecule has 0 unspecified atom stereocenters. The summed E-state index contributed by atoms with van der Waals surface area (Å²) in [4.78, 5) is 14.6. The molecular formula is C16H21NO2. The topological polar surface area (TPSA) is 29.5 Å². The van der Waals surface area contributed by atoms with Crippen molar-refractivity contribution in [1.82, 2.24) is 4.90 Å². The highest BCUT2D eigenvalue weighted by Gasteiger charge is 2.25. The van der Waals surface area contributed by atoms with Crippen LogP contribution in [0.15, 0.2) is 18.2 Å². The smallest absolute Gasteiger partial charge is 0.176 e. The summed E-state index contributed by atoms with van der Waals surface area (Å²) in [5.74, 6) is 2.01. The first kappa shape index (κ1) is 12.7. The molecule has 0 amide bonds. The lowest BCUT2D eigenvalue weighted by molar-refractivity contribution is 0.0931. The van der Waals surface area contributed by atoms with Gasteiger partial charge in [-0.05, 0) is 49.1 Å². The highest BCUT2D eigenvalue weighted by atomic mass is 16.5. The van der Waals surface area contributed by atoms with E-state index in [0.717, 1.165) is 43.3 Å². The third-order valence-electron chi connectivity index (χ3n) is 4.04. The second-order valence-electron chi connectivity index (χ2n) is 5.62. The second kappa shape index (κ2) is 5.33. The van der Waals surface area contributed by atoms with Crippen molar-refractivity contribution in [2.75, 3.05) is 26.2 Å². The lowest BCUT2D eigenvalue weighted by Crippen LogP contribution is -2.31. The van der Waals surface area contributed by atoms with Gasteiger partial charge in [0, 0.05) is 18.5 Å². The maximum atomic E-state index is 12.3. The number of nitrogens with zero attached hydrogens (tertiary/aromatic N) is 1. The molecule has 3 rings (SSSR count). The van der Waals surface area contributed by atoms with E-state index in [9.17, 15) is 4.79 Å². The Morgan fingerprint density at radius 2 is 2.26 bits per heavy atom. The summed E-state index contributed by atoms with van der Waals surface area (Å²) < 4.78 is 5.47. The summed E-state index contributed by atoms with van der Waals surface area (Å²) in [6.07, 6.45) is 3.60. The molecule has 102 valence electrons. The molecule has 0 N–H and O–H groups in total. The molecule has 0 saturated heterocycles. The van der Waals surface area contributed by atoms with Gasteiger partial charge in [-0.25, -0.2) is 0 Å². The zero-order valence-electron chi connectivity index (χ0n) is 11.5. The van der Waals surface area contributed by atoms with Crippen LogP contribution in [0.5, 0.6) is 5.75 Å². The predicted octanol–water partition coefficient (Wildman–Crippen LogP) is 2.54. The minimum atomic E-state index is 0.234. The first-order valence-electron chi connectivity index (χ1n) is 7.27. The lowest BCUT2D eigenvalue weighted by atomic mass is 10.1. The van der Waals surface area contributed by atoms with E-state index in [4.69, 9.17) is 4.74 Å². The quantitative estimate of drug-likeness (QED) is 0.735. The zero-order valence-corrected chi connectivity index (χ0v) is 11.5. The van der Waals surface area contributed by atoms with Crippen LogP contribution in [0.25, 0.3) is 0 Å². The Labute approximate surface area is 114 Å². The maximum Gasteiger partial charge on any atom is 0.176 e. The Morgan fingerprint density at radius 1 is 1.42 bits per heavy atom. The molecule has 1 aromatic carbocycles. The third-order valence-corrected chi connectivity index (χ3v) is 4.04. The number of carbonyl (C=O) groups excluding carboxylic acids is 1. The van der Waals surface area contributed by atoms with Crippen molar-refractivity contribution in [3.8, 4) is 5.75 Å². The van der Waals surface area contributed by atoms with Gasteiger partial charge in [-0.3, -0.25) is 9.69 Å². The van der Waals surface area contributed by atoms with Crippen LogP contribution < -0.4 is 4.74 Å². The summed E-state index contributed by atoms with van der Waals surface area (Å²) in [7, 11) is 0. The van der Waals surface area contributed by atoms with E-state index in [1.54, 1.807) is 0 Å². The number of hydrogen-bond donors (Lipinski definition) is 0. The highest BCUT2D eigenvalue weighted by Crippen LogP contribution is 2.30. The van der Waals surface area contributed by atoms with E-state index >= 15 is 0 Å². The van der Waals surface area contributed by atoms with E-state index in [-0.39, 0.29) is 5.78 Å². The normalized spacial score (nSPS) is 17.4. The number of hydrogen-bond acceptors (Lipinski definition) is 3. The van der Waals surface area contributed by atoms with Gasteiger partial charge in [0.05, 0.1) is 13.2 Å². The van der Waals surface area contributed by atoms with Gasteiger partial charge in [0.1, 0.15) is 5.75 Å². The number of Topliss-reactive ketones (excluding diaryl/α,β-unsaturated/α-hetero) is 1. The fourth-order valence-corrected chi connectivity index (χ4v) is 2.63. The number of carbonyl (C=O) groups is 1. The van der Waals surface area contributed by atoms with Gasteiger partial charge in [-0.15, -0.1) is 0 Å². The Hall–Kier alpha value is -1.35. The van der Waals surface area contributed by atoms with E-state index in [0.29, 0.717) is 6.54 Å². The van der Waals surface area contributed by atoms with Gasteiger partial charge in [-0.2, -0.15) is 0 Å². The molecule has 1 aromatic rings. The monoisotopic (exact) mass is 259 g/mol. The molecule has 0 bridgehead atoms. The van der Waals surface area contributed by atoms with Crippen molar-refractivity contribution < 1.29 is 9.53 Å². The van der Waals surface area contributed by atoms with Gasteiger partial charge in [-0.1, -0.05) is 6.92 Å².